The molecule has 0 aliphatic carbocycles. The summed E-state index contributed by atoms with van der Waals surface area (Å²) in [6.07, 6.45) is -1.77. The number of halogens is 1. The van der Waals surface area contributed by atoms with Crippen molar-refractivity contribution in [3.63, 3.8) is 0 Å². The molecule has 11 heteroatoms. The lowest BCUT2D eigenvalue weighted by molar-refractivity contribution is 0.00706. The van der Waals surface area contributed by atoms with E-state index in [0.717, 1.165) is 0 Å². The molecule has 4 radical (unpaired) electrons. The van der Waals surface area contributed by atoms with Gasteiger partial charge >= 0.3 is 0 Å². The van der Waals surface area contributed by atoms with E-state index in [1.165, 1.54) is 0 Å². The summed E-state index contributed by atoms with van der Waals surface area (Å²) in [6.45, 7) is 0.521. The Kier molecular flexibility index (Phi) is 4.89. The molecule has 0 spiro atoms. The van der Waals surface area contributed by atoms with Gasteiger partial charge in [-0.15, -0.1) is 0 Å². The SMILES string of the molecule is [B]C([B])(Nc1nc2nc(O[C@@H]3CO[C@H]4[C@@H]3OC[C@H]4O)[nH]c2cc1Cl)c1ccccc1. The number of pyridine rings is 1. The summed E-state index contributed by atoms with van der Waals surface area (Å²) in [5, 5.41) is 11.8. The van der Waals surface area contributed by atoms with E-state index >= 15 is 0 Å². The Bertz CT molecular complexity index is 1070. The van der Waals surface area contributed by atoms with Gasteiger partial charge in [0.1, 0.15) is 24.1 Å². The molecule has 5 rings (SSSR count). The molecule has 8 nitrogen and oxygen atoms in total. The molecule has 2 aromatic heterocycles. The van der Waals surface area contributed by atoms with Gasteiger partial charge in [0.15, 0.2) is 11.8 Å². The first-order valence-electron chi connectivity index (χ1n) is 9.46. The fourth-order valence-corrected chi connectivity index (χ4v) is 3.91. The molecule has 2 aliphatic rings. The van der Waals surface area contributed by atoms with Gasteiger partial charge in [-0.3, -0.25) is 0 Å². The van der Waals surface area contributed by atoms with Crippen LogP contribution < -0.4 is 10.1 Å². The van der Waals surface area contributed by atoms with E-state index in [1.807, 2.05) is 18.2 Å². The third kappa shape index (κ3) is 3.54. The molecule has 1 aromatic carbocycles. The second-order valence-electron chi connectivity index (χ2n) is 7.41. The number of ether oxygens (including phenoxy) is 3. The van der Waals surface area contributed by atoms with Crippen molar-refractivity contribution >= 4 is 44.3 Å². The number of aromatic amines is 1. The van der Waals surface area contributed by atoms with E-state index < -0.39 is 11.4 Å². The summed E-state index contributed by atoms with van der Waals surface area (Å²) in [6, 6.07) is 11.1. The lowest BCUT2D eigenvalue weighted by atomic mass is 9.58. The van der Waals surface area contributed by atoms with Crippen molar-refractivity contribution in [3.8, 4) is 6.01 Å². The number of anilines is 1. The van der Waals surface area contributed by atoms with Crippen LogP contribution in [-0.4, -0.2) is 73.4 Å². The number of benzene rings is 1. The van der Waals surface area contributed by atoms with E-state index in [9.17, 15) is 5.11 Å². The van der Waals surface area contributed by atoms with Crippen LogP contribution in [0.1, 0.15) is 5.56 Å². The number of fused-ring (bicyclic) bond motifs is 2. The summed E-state index contributed by atoms with van der Waals surface area (Å²) in [4.78, 5) is 11.8. The maximum atomic E-state index is 9.85. The smallest absolute Gasteiger partial charge is 0.296 e. The lowest BCUT2D eigenvalue weighted by Crippen LogP contribution is -2.36. The van der Waals surface area contributed by atoms with Crippen LogP contribution in [0.4, 0.5) is 5.82 Å². The molecule has 4 atom stereocenters. The fourth-order valence-electron chi connectivity index (χ4n) is 3.71. The van der Waals surface area contributed by atoms with Crippen LogP contribution in [0, 0.1) is 0 Å². The maximum Gasteiger partial charge on any atom is 0.296 e. The lowest BCUT2D eigenvalue weighted by Gasteiger charge is -2.29. The first-order valence-corrected chi connectivity index (χ1v) is 9.84. The minimum absolute atomic E-state index is 0.225. The highest BCUT2D eigenvalue weighted by Crippen LogP contribution is 2.31. The molecule has 0 amide bonds. The van der Waals surface area contributed by atoms with Gasteiger partial charge in [0.2, 0.25) is 0 Å². The van der Waals surface area contributed by atoms with Crippen molar-refractivity contribution in [3.05, 3.63) is 47.0 Å². The van der Waals surface area contributed by atoms with Crippen molar-refractivity contribution in [2.75, 3.05) is 18.5 Å². The highest BCUT2D eigenvalue weighted by Gasteiger charge is 2.48. The number of imidazole rings is 1. The topological polar surface area (TPSA) is 102 Å². The largest absolute Gasteiger partial charge is 0.456 e. The van der Waals surface area contributed by atoms with Crippen molar-refractivity contribution in [2.24, 2.45) is 0 Å². The van der Waals surface area contributed by atoms with E-state index in [0.29, 0.717) is 34.2 Å². The van der Waals surface area contributed by atoms with Gasteiger partial charge < -0.3 is 29.6 Å². The summed E-state index contributed by atoms with van der Waals surface area (Å²) < 4.78 is 17.0. The van der Waals surface area contributed by atoms with Crippen molar-refractivity contribution in [2.45, 2.75) is 29.8 Å². The maximum absolute atomic E-state index is 9.85. The second kappa shape index (κ2) is 7.46. The summed E-state index contributed by atoms with van der Waals surface area (Å²) >= 11 is 6.37. The fraction of sp³-hybridized carbons (Fsp3) is 0.368. The molecule has 4 heterocycles. The average Bonchev–Trinajstić information content (AvgIpc) is 3.40. The highest BCUT2D eigenvalue weighted by atomic mass is 35.5. The molecule has 2 fully saturated rings. The Hall–Kier alpha value is -2.26. The van der Waals surface area contributed by atoms with Gasteiger partial charge in [-0.2, -0.15) is 4.98 Å². The van der Waals surface area contributed by atoms with Crippen molar-refractivity contribution in [1.29, 1.82) is 0 Å². The van der Waals surface area contributed by atoms with E-state index in [2.05, 4.69) is 20.3 Å². The summed E-state index contributed by atoms with van der Waals surface area (Å²) in [7, 11) is 12.4. The molecule has 0 unspecified atom stereocenters. The number of nitrogens with one attached hydrogen (secondary N) is 2. The van der Waals surface area contributed by atoms with Crippen LogP contribution >= 0.6 is 11.6 Å². The Morgan fingerprint density at radius 1 is 1.17 bits per heavy atom. The number of aliphatic hydroxyl groups excluding tert-OH is 1. The molecule has 0 saturated carbocycles. The zero-order valence-electron chi connectivity index (χ0n) is 15.8. The van der Waals surface area contributed by atoms with Gasteiger partial charge in [0.05, 0.1) is 39.4 Å². The van der Waals surface area contributed by atoms with Crippen LogP contribution in [0.2, 0.25) is 5.02 Å². The predicted molar refractivity (Wildman–Crippen MR) is 112 cm³/mol. The predicted octanol–water partition coefficient (Wildman–Crippen LogP) is 1.08. The Morgan fingerprint density at radius 3 is 2.73 bits per heavy atom. The van der Waals surface area contributed by atoms with E-state index in [-0.39, 0.29) is 30.9 Å². The normalized spacial score (nSPS) is 26.1. The van der Waals surface area contributed by atoms with Crippen LogP contribution in [-0.2, 0) is 14.8 Å². The zero-order chi connectivity index (χ0) is 20.9. The number of aliphatic hydroxyl groups is 1. The zero-order valence-corrected chi connectivity index (χ0v) is 16.5. The Morgan fingerprint density at radius 2 is 1.93 bits per heavy atom. The second-order valence-corrected chi connectivity index (χ2v) is 7.82. The summed E-state index contributed by atoms with van der Waals surface area (Å²) in [5.41, 5.74) is 1.63. The first kappa shape index (κ1) is 19.7. The number of aromatic nitrogens is 3. The molecule has 150 valence electrons. The minimum atomic E-state index is -1.38. The molecule has 2 aliphatic heterocycles. The number of rotatable bonds is 5. The Labute approximate surface area is 180 Å². The third-order valence-corrected chi connectivity index (χ3v) is 5.51. The average molecular weight is 422 g/mol. The standard InChI is InChI=1S/C19H17B2ClN4O4/c20-19(21,9-4-2-1-3-5-9)26-16-10(22)6-11-17(24-16)25-18(23-11)30-13-8-29-14-12(27)7-28-15(13)14/h1-6,12-15,27H,7-8H2,(H2,23,24,25,26)/t12-,13-,14-,15-/m1/s1. The number of hydrogen-bond donors (Lipinski definition) is 3. The highest BCUT2D eigenvalue weighted by molar-refractivity contribution is 6.42. The van der Waals surface area contributed by atoms with Gasteiger partial charge in [-0.25, -0.2) is 4.98 Å². The molecule has 0 bridgehead atoms. The van der Waals surface area contributed by atoms with Gasteiger partial charge in [-0.1, -0.05) is 41.9 Å². The number of nitrogens with zero attached hydrogens (tertiary/aromatic N) is 2. The van der Waals surface area contributed by atoms with Crippen LogP contribution in [0.3, 0.4) is 0 Å². The van der Waals surface area contributed by atoms with Crippen LogP contribution in [0.5, 0.6) is 6.01 Å². The molecule has 3 aromatic rings. The molecule has 2 saturated heterocycles. The molecule has 3 N–H and O–H groups in total. The number of hydrogen-bond acceptors (Lipinski definition) is 7. The van der Waals surface area contributed by atoms with Gasteiger partial charge in [0, 0.05) is 0 Å². The third-order valence-electron chi connectivity index (χ3n) is 5.23. The molecular weight excluding hydrogens is 405 g/mol. The van der Waals surface area contributed by atoms with Gasteiger partial charge in [-0.05, 0) is 17.0 Å². The van der Waals surface area contributed by atoms with Crippen molar-refractivity contribution in [1.82, 2.24) is 15.0 Å². The number of H-pyrrole nitrogens is 1. The molecule has 30 heavy (non-hydrogen) atoms. The minimum Gasteiger partial charge on any atom is -0.456 e. The first-order chi connectivity index (χ1) is 14.4. The van der Waals surface area contributed by atoms with Crippen LogP contribution in [0.15, 0.2) is 36.4 Å². The monoisotopic (exact) mass is 422 g/mol. The van der Waals surface area contributed by atoms with Gasteiger partial charge in [0.25, 0.3) is 6.01 Å². The van der Waals surface area contributed by atoms with Crippen LogP contribution in [0.25, 0.3) is 11.2 Å². The Balaban J connectivity index is 1.37. The van der Waals surface area contributed by atoms with Crippen molar-refractivity contribution < 1.29 is 19.3 Å². The van der Waals surface area contributed by atoms with E-state index in [1.54, 1.807) is 18.2 Å². The molecular formula is C19H17B2ClN4O4. The van der Waals surface area contributed by atoms with E-state index in [4.69, 9.17) is 41.5 Å². The summed E-state index contributed by atoms with van der Waals surface area (Å²) in [5.74, 6) is 0.294. The quantitative estimate of drug-likeness (QED) is 0.529.